The molecule has 5 nitrogen and oxygen atoms in total. The Labute approximate surface area is 114 Å². The lowest BCUT2D eigenvalue weighted by Gasteiger charge is -2.10. The molecule has 0 N–H and O–H groups in total. The van der Waals surface area contributed by atoms with Crippen LogP contribution >= 0.6 is 11.8 Å². The van der Waals surface area contributed by atoms with Gasteiger partial charge in [0.05, 0.1) is 23.5 Å². The summed E-state index contributed by atoms with van der Waals surface area (Å²) in [6.45, 7) is 1.91. The van der Waals surface area contributed by atoms with Gasteiger partial charge in [0.2, 0.25) is 5.69 Å². The highest BCUT2D eigenvalue weighted by Crippen LogP contribution is 2.12. The van der Waals surface area contributed by atoms with Crippen molar-refractivity contribution in [2.75, 3.05) is 12.9 Å². The largest absolute Gasteiger partial charge is 0.461 e. The maximum Gasteiger partial charge on any atom is 0.362 e. The predicted octanol–water partition coefficient (Wildman–Crippen LogP) is 1.89. The van der Waals surface area contributed by atoms with Gasteiger partial charge in [0.25, 0.3) is 5.56 Å². The molecule has 0 unspecified atom stereocenters. The van der Waals surface area contributed by atoms with Gasteiger partial charge in [-0.2, -0.15) is 0 Å². The van der Waals surface area contributed by atoms with Crippen molar-refractivity contribution in [1.29, 1.82) is 0 Å². The minimum atomic E-state index is -0.673. The van der Waals surface area contributed by atoms with Gasteiger partial charge in [-0.15, -0.1) is 11.8 Å². The van der Waals surface area contributed by atoms with Gasteiger partial charge in [0, 0.05) is 0 Å². The van der Waals surface area contributed by atoms with E-state index in [1.807, 2.05) is 24.5 Å². The van der Waals surface area contributed by atoms with Crippen LogP contribution < -0.4 is 5.56 Å². The van der Waals surface area contributed by atoms with Crippen LogP contribution in [0.3, 0.4) is 0 Å². The second-order valence-electron chi connectivity index (χ2n) is 3.82. The van der Waals surface area contributed by atoms with Crippen LogP contribution in [0.15, 0.2) is 29.1 Å². The summed E-state index contributed by atoms with van der Waals surface area (Å²) in [5.74, 6) is -0.207. The lowest BCUT2D eigenvalue weighted by molar-refractivity contribution is 0.0517. The summed E-state index contributed by atoms with van der Waals surface area (Å²) in [6.07, 6.45) is 1.89. The Hall–Kier alpha value is -1.82. The molecular weight excluding hydrogens is 264 g/mol. The topological polar surface area (TPSA) is 61.2 Å². The Morgan fingerprint density at radius 1 is 1.42 bits per heavy atom. The van der Waals surface area contributed by atoms with E-state index >= 15 is 0 Å². The molecule has 0 saturated carbocycles. The Morgan fingerprint density at radius 2 is 2.16 bits per heavy atom. The van der Waals surface area contributed by atoms with Gasteiger partial charge in [0.15, 0.2) is 0 Å². The molecule has 0 aliphatic rings. The van der Waals surface area contributed by atoms with Gasteiger partial charge >= 0.3 is 5.97 Å². The van der Waals surface area contributed by atoms with E-state index in [2.05, 4.69) is 4.98 Å². The average molecular weight is 278 g/mol. The minimum absolute atomic E-state index is 0.158. The van der Waals surface area contributed by atoms with Crippen molar-refractivity contribution in [3.63, 3.8) is 0 Å². The van der Waals surface area contributed by atoms with Crippen LogP contribution in [0, 0.1) is 0 Å². The monoisotopic (exact) mass is 278 g/mol. The van der Waals surface area contributed by atoms with Gasteiger partial charge < -0.3 is 4.74 Å². The van der Waals surface area contributed by atoms with E-state index in [1.165, 1.54) is 11.8 Å². The molecule has 6 heteroatoms. The molecule has 1 aromatic heterocycles. The highest BCUT2D eigenvalue weighted by molar-refractivity contribution is 7.97. The van der Waals surface area contributed by atoms with E-state index in [1.54, 1.807) is 17.6 Å². The lowest BCUT2D eigenvalue weighted by atomic mass is 10.3. The second kappa shape index (κ2) is 5.88. The van der Waals surface area contributed by atoms with Crippen molar-refractivity contribution in [2.45, 2.75) is 12.8 Å². The number of carbonyl (C=O) groups excluding carboxylic acids is 1. The van der Waals surface area contributed by atoms with Crippen molar-refractivity contribution in [3.05, 3.63) is 40.3 Å². The van der Waals surface area contributed by atoms with Gasteiger partial charge in [-0.25, -0.2) is 9.78 Å². The quantitative estimate of drug-likeness (QED) is 0.799. The first kappa shape index (κ1) is 13.6. The Bertz CT molecular complexity index is 666. The fourth-order valence-electron chi connectivity index (χ4n) is 1.78. The summed E-state index contributed by atoms with van der Waals surface area (Å²) >= 11 is 1.50. The van der Waals surface area contributed by atoms with Crippen LogP contribution in [0.1, 0.15) is 17.4 Å². The number of aromatic nitrogens is 2. The molecule has 0 saturated heterocycles. The molecule has 0 radical (unpaired) electrons. The van der Waals surface area contributed by atoms with Crippen molar-refractivity contribution in [3.8, 4) is 0 Å². The van der Waals surface area contributed by atoms with Crippen LogP contribution in [-0.2, 0) is 10.6 Å². The van der Waals surface area contributed by atoms with Crippen LogP contribution in [0.5, 0.6) is 0 Å². The minimum Gasteiger partial charge on any atom is -0.461 e. The predicted molar refractivity (Wildman–Crippen MR) is 75.5 cm³/mol. The smallest absolute Gasteiger partial charge is 0.362 e. The molecule has 0 bridgehead atoms. The maximum absolute atomic E-state index is 12.3. The van der Waals surface area contributed by atoms with Gasteiger partial charge in [-0.1, -0.05) is 12.1 Å². The molecule has 0 aliphatic heterocycles. The van der Waals surface area contributed by atoms with E-state index in [0.717, 1.165) is 5.52 Å². The number of esters is 1. The molecule has 0 amide bonds. The van der Waals surface area contributed by atoms with E-state index in [-0.39, 0.29) is 12.3 Å². The fraction of sp³-hybridized carbons (Fsp3) is 0.308. The molecule has 0 spiro atoms. The third kappa shape index (κ3) is 2.63. The number of fused-ring (bicyclic) bond motifs is 1. The van der Waals surface area contributed by atoms with E-state index in [9.17, 15) is 9.59 Å². The van der Waals surface area contributed by atoms with E-state index in [0.29, 0.717) is 11.4 Å². The standard InChI is InChI=1S/C13H14N2O3S/c1-3-18-13(17)11-12(16)15(8-19-2)10-7-5-4-6-9(10)14-11/h4-7H,3,8H2,1-2H3. The number of rotatable bonds is 4. The molecule has 0 atom stereocenters. The first-order chi connectivity index (χ1) is 9.19. The summed E-state index contributed by atoms with van der Waals surface area (Å²) in [4.78, 5) is 28.2. The zero-order valence-electron chi connectivity index (χ0n) is 10.8. The highest BCUT2D eigenvalue weighted by Gasteiger charge is 2.18. The Kier molecular flexibility index (Phi) is 4.21. The fourth-order valence-corrected chi connectivity index (χ4v) is 2.30. The van der Waals surface area contributed by atoms with Gasteiger partial charge in [-0.05, 0) is 25.3 Å². The number of hydrogen-bond acceptors (Lipinski definition) is 5. The number of nitrogens with zero attached hydrogens (tertiary/aromatic N) is 2. The summed E-state index contributed by atoms with van der Waals surface area (Å²) in [7, 11) is 0. The van der Waals surface area contributed by atoms with E-state index in [4.69, 9.17) is 4.74 Å². The maximum atomic E-state index is 12.3. The highest BCUT2D eigenvalue weighted by atomic mass is 32.2. The first-order valence-electron chi connectivity index (χ1n) is 5.84. The van der Waals surface area contributed by atoms with Crippen molar-refractivity contribution in [2.24, 2.45) is 0 Å². The second-order valence-corrected chi connectivity index (χ2v) is 4.66. The number of hydrogen-bond donors (Lipinski definition) is 0. The molecule has 100 valence electrons. The summed E-state index contributed by atoms with van der Waals surface area (Å²) in [5, 5.41) is 0. The van der Waals surface area contributed by atoms with Gasteiger partial charge in [-0.3, -0.25) is 9.36 Å². The number of benzene rings is 1. The van der Waals surface area contributed by atoms with Crippen LogP contribution in [0.25, 0.3) is 11.0 Å². The lowest BCUT2D eigenvalue weighted by Crippen LogP contribution is -2.29. The first-order valence-corrected chi connectivity index (χ1v) is 7.24. The number of ether oxygens (including phenoxy) is 1. The van der Waals surface area contributed by atoms with Crippen molar-refractivity contribution >= 4 is 28.8 Å². The molecule has 0 aliphatic carbocycles. The zero-order chi connectivity index (χ0) is 13.8. The van der Waals surface area contributed by atoms with Crippen molar-refractivity contribution in [1.82, 2.24) is 9.55 Å². The van der Waals surface area contributed by atoms with E-state index < -0.39 is 11.5 Å². The Balaban J connectivity index is 2.70. The summed E-state index contributed by atoms with van der Waals surface area (Å²) in [5.41, 5.74) is 0.759. The molecule has 0 fully saturated rings. The number of carbonyl (C=O) groups is 1. The van der Waals surface area contributed by atoms with Crippen molar-refractivity contribution < 1.29 is 9.53 Å². The van der Waals surface area contributed by atoms with Crippen LogP contribution in [-0.4, -0.2) is 28.4 Å². The zero-order valence-corrected chi connectivity index (χ0v) is 11.6. The molecule has 1 aromatic carbocycles. The van der Waals surface area contributed by atoms with Crippen LogP contribution in [0.2, 0.25) is 0 Å². The third-order valence-corrected chi connectivity index (χ3v) is 3.10. The molecule has 2 aromatic rings. The van der Waals surface area contributed by atoms with Crippen LogP contribution in [0.4, 0.5) is 0 Å². The third-order valence-electron chi connectivity index (χ3n) is 2.58. The molecule has 2 rings (SSSR count). The number of para-hydroxylation sites is 2. The van der Waals surface area contributed by atoms with Gasteiger partial charge in [0.1, 0.15) is 0 Å². The molecule has 19 heavy (non-hydrogen) atoms. The normalized spacial score (nSPS) is 10.6. The Morgan fingerprint density at radius 3 is 2.84 bits per heavy atom. The summed E-state index contributed by atoms with van der Waals surface area (Å²) < 4.78 is 6.41. The number of thioether (sulfide) groups is 1. The SMILES string of the molecule is CCOC(=O)c1nc2ccccc2n(CSC)c1=O. The molecular formula is C13H14N2O3S. The molecule has 1 heterocycles. The average Bonchev–Trinajstić information content (AvgIpc) is 2.42. The summed E-state index contributed by atoms with van der Waals surface area (Å²) in [6, 6.07) is 7.24.